The Hall–Kier alpha value is -17.9. The zero-order valence-electron chi connectivity index (χ0n) is 75.2. The SMILES string of the molecule is CCC(=O)Cc1ccc(-c2cnc3n[nH]c(-c4cc5c(C(=O)NC)cccc5[nH]4)c3c2)cn1.CNC(=O)c1cccc2[nH]c(-c3[nH]nc4ncc(-c5cncc(NC(=O)C(C)C)c5)cc34)cc12.CNC(=O)c1cccc2[nH]c(-c3[nH]nc4ncc(-c5cncc(NC(=O)C6CC6)c5)cc34)cc12.CNC(=O)c1cccc2[nH]c(-c3[nH]nc4ncc(-c5cncc(NC(=O)CC(C)C)c5)cc34)cc12. The molecule has 136 heavy (non-hydrogen) atoms. The van der Waals surface area contributed by atoms with Crippen LogP contribution in [0.2, 0.25) is 0 Å². The molecule has 1 aliphatic carbocycles. The second-order valence-electron chi connectivity index (χ2n) is 33.4. The van der Waals surface area contributed by atoms with E-state index in [9.17, 15) is 38.4 Å². The summed E-state index contributed by atoms with van der Waals surface area (Å²) in [6.07, 6.45) is 22.0. The van der Waals surface area contributed by atoms with Crippen molar-refractivity contribution in [3.05, 3.63) is 248 Å². The maximum absolute atomic E-state index is 12.3. The Balaban J connectivity index is 0.000000121. The average Bonchev–Trinajstić information content (AvgIpc) is 1.63. The summed E-state index contributed by atoms with van der Waals surface area (Å²) in [4.78, 5) is 146. The molecule has 1 saturated carbocycles. The molecule has 15 N–H and O–H groups in total. The Morgan fingerprint density at radius 2 is 0.676 bits per heavy atom. The van der Waals surface area contributed by atoms with Crippen LogP contribution in [-0.2, 0) is 25.6 Å². The number of pyridine rings is 8. The van der Waals surface area contributed by atoms with E-state index in [1.54, 1.807) is 121 Å². The topological polar surface area (TPSA) is 502 Å². The van der Waals surface area contributed by atoms with Gasteiger partial charge in [-0.3, -0.25) is 78.7 Å². The number of fused-ring (bicyclic) bond motifs is 8. The van der Waals surface area contributed by atoms with Gasteiger partial charge in [0, 0.05) is 246 Å². The predicted molar refractivity (Wildman–Crippen MR) is 523 cm³/mol. The molecule has 20 aromatic rings. The molecule has 0 aliphatic heterocycles. The van der Waals surface area contributed by atoms with Gasteiger partial charge in [-0.05, 0) is 140 Å². The van der Waals surface area contributed by atoms with Crippen LogP contribution < -0.4 is 37.2 Å². The summed E-state index contributed by atoms with van der Waals surface area (Å²) in [5.74, 6) is -0.214. The van der Waals surface area contributed by atoms with Gasteiger partial charge in [0.1, 0.15) is 5.78 Å². The number of aromatic amines is 8. The van der Waals surface area contributed by atoms with E-state index in [2.05, 4.69) is 138 Å². The number of Topliss-reactive ketones (excluding diaryl/α,β-unsaturated/α-hetero) is 1. The molecule has 35 nitrogen and oxygen atoms in total. The molecule has 1 fully saturated rings. The lowest BCUT2D eigenvalue weighted by molar-refractivity contribution is -0.119. The molecular weight excluding hydrogens is 1720 g/mol. The van der Waals surface area contributed by atoms with Gasteiger partial charge in [-0.15, -0.1) is 0 Å². The number of H-pyrrole nitrogens is 8. The molecule has 0 spiro atoms. The number of carbonyl (C=O) groups excluding carboxylic acids is 8. The van der Waals surface area contributed by atoms with Crippen LogP contribution in [-0.4, -0.2) is 176 Å². The number of rotatable bonds is 22. The lowest BCUT2D eigenvalue weighted by atomic mass is 10.1. The van der Waals surface area contributed by atoms with E-state index < -0.39 is 0 Å². The number of benzene rings is 4. The molecule has 16 heterocycles. The zero-order chi connectivity index (χ0) is 94.5. The van der Waals surface area contributed by atoms with Crippen LogP contribution >= 0.6 is 0 Å². The highest BCUT2D eigenvalue weighted by molar-refractivity contribution is 6.13. The van der Waals surface area contributed by atoms with E-state index in [1.807, 2.05) is 162 Å². The fourth-order valence-corrected chi connectivity index (χ4v) is 16.0. The van der Waals surface area contributed by atoms with E-state index in [0.717, 1.165) is 174 Å². The number of nitrogens with one attached hydrogen (secondary N) is 15. The molecule has 0 bridgehead atoms. The number of hydrogen-bond donors (Lipinski definition) is 15. The summed E-state index contributed by atoms with van der Waals surface area (Å²) in [6, 6.07) is 47.5. The number of ketones is 1. The number of hydrogen-bond acceptors (Lipinski definition) is 20. The third kappa shape index (κ3) is 18.7. The molecule has 678 valence electrons. The van der Waals surface area contributed by atoms with Crippen molar-refractivity contribution in [3.8, 4) is 90.1 Å². The number of aromatic nitrogens is 20. The number of anilines is 3. The van der Waals surface area contributed by atoms with Gasteiger partial charge in [-0.25, -0.2) is 19.9 Å². The quantitative estimate of drug-likeness (QED) is 0.0300. The highest BCUT2D eigenvalue weighted by atomic mass is 16.2. The maximum Gasteiger partial charge on any atom is 0.251 e. The molecule has 0 unspecified atom stereocenters. The summed E-state index contributed by atoms with van der Waals surface area (Å²) in [5, 5.41) is 55.7. The predicted octanol–water partition coefficient (Wildman–Crippen LogP) is 16.6. The summed E-state index contributed by atoms with van der Waals surface area (Å²) >= 11 is 0. The fraction of sp³-hybridized carbons (Fsp3) is 0.168. The Kier molecular flexibility index (Phi) is 25.0. The van der Waals surface area contributed by atoms with E-state index in [1.165, 1.54) is 0 Å². The summed E-state index contributed by atoms with van der Waals surface area (Å²) in [6.45, 7) is 9.54. The monoisotopic (exact) mass is 1810 g/mol. The first-order chi connectivity index (χ1) is 66.0. The third-order valence-corrected chi connectivity index (χ3v) is 23.3. The van der Waals surface area contributed by atoms with Crippen LogP contribution in [0, 0.1) is 17.8 Å². The minimum atomic E-state index is -0.147. The number of carbonyl (C=O) groups is 8. The molecule has 1 aliphatic rings. The van der Waals surface area contributed by atoms with Gasteiger partial charge in [0.05, 0.1) is 81.2 Å². The van der Waals surface area contributed by atoms with E-state index in [-0.39, 0.29) is 64.9 Å². The van der Waals surface area contributed by atoms with Gasteiger partial charge < -0.3 is 57.2 Å². The van der Waals surface area contributed by atoms with Crippen LogP contribution in [0.25, 0.3) is 178 Å². The average molecular weight is 1810 g/mol. The molecule has 21 rings (SSSR count). The zero-order valence-corrected chi connectivity index (χ0v) is 75.2. The summed E-state index contributed by atoms with van der Waals surface area (Å²) in [5.41, 5.74) is 23.9. The van der Waals surface area contributed by atoms with Crippen LogP contribution in [0.4, 0.5) is 17.1 Å². The van der Waals surface area contributed by atoms with Crippen LogP contribution in [0.1, 0.15) is 107 Å². The third-order valence-electron chi connectivity index (χ3n) is 23.3. The molecule has 4 aromatic carbocycles. The van der Waals surface area contributed by atoms with Crippen LogP contribution in [0.5, 0.6) is 0 Å². The van der Waals surface area contributed by atoms with Gasteiger partial charge in [0.15, 0.2) is 22.6 Å². The second kappa shape index (κ2) is 38.3. The van der Waals surface area contributed by atoms with Gasteiger partial charge in [-0.1, -0.05) is 65.0 Å². The van der Waals surface area contributed by atoms with Gasteiger partial charge >= 0.3 is 0 Å². The molecule has 16 aromatic heterocycles. The highest BCUT2D eigenvalue weighted by Crippen LogP contribution is 2.39. The normalized spacial score (nSPS) is 11.8. The van der Waals surface area contributed by atoms with Crippen LogP contribution in [0.15, 0.2) is 220 Å². The minimum Gasteiger partial charge on any atom is -0.355 e. The van der Waals surface area contributed by atoms with Crippen molar-refractivity contribution >= 4 is 152 Å². The summed E-state index contributed by atoms with van der Waals surface area (Å²) < 4.78 is 0. The smallest absolute Gasteiger partial charge is 0.251 e. The Morgan fingerprint density at radius 1 is 0.353 bits per heavy atom. The van der Waals surface area contributed by atoms with E-state index in [0.29, 0.717) is 81.2 Å². The molecule has 7 amide bonds. The minimum absolute atomic E-state index is 0.0413. The molecule has 0 atom stereocenters. The molecule has 35 heteroatoms. The fourth-order valence-electron chi connectivity index (χ4n) is 16.0. The molecule has 0 saturated heterocycles. The Morgan fingerprint density at radius 3 is 0.985 bits per heavy atom. The van der Waals surface area contributed by atoms with E-state index >= 15 is 0 Å². The maximum atomic E-state index is 12.3. The van der Waals surface area contributed by atoms with Crippen molar-refractivity contribution in [2.45, 2.75) is 66.7 Å². The standard InChI is InChI=1S/C26H25N7O2.C25H21N7O2.C25H23N7O2.C25H22N6O2/c1-14(2)7-23(34)30-17-8-15(11-28-13-17)16-9-20-24(32-33-25(20)29-12-16)22-10-19-18(26(35)27-3)5-4-6-21(19)31-22;1-26-25(34)17-3-2-4-20-18(17)9-21(30-20)22-19-8-15(11-28-23(19)32-31-22)14-7-16(12-27-10-14)29-24(33)13-5-6-13;1-13(2)24(33)29-16-7-14(10-27-12-16)15-8-19-22(31-32-23(19)28-11-15)21-9-18-17(25(34)26-3)5-4-6-20(18)30-21;1-3-17(32)10-16-8-7-14(12-27-16)15-9-20-23(30-31-24(20)28-13-15)22-11-19-18(25(33)26-2)5-4-6-21(19)29-22/h4-6,8-14,31H,7H2,1-3H3,(H,27,35)(H,30,34)(H,29,32,33);2-4,7-13,30H,5-6H2,1H3,(H,26,34)(H,29,33)(H,28,31,32);4-13,30H,1-3H3,(H,26,34)(H,29,33)(H,28,31,32);4-9,11-13,29H,3,10H2,1-2H3,(H,26,33)(H,28,30,31). The van der Waals surface area contributed by atoms with Crippen molar-refractivity contribution in [2.24, 2.45) is 17.8 Å². The largest absolute Gasteiger partial charge is 0.355 e. The van der Waals surface area contributed by atoms with Crippen molar-refractivity contribution in [1.29, 1.82) is 0 Å². The number of nitrogens with zero attached hydrogens (tertiary/aromatic N) is 12. The van der Waals surface area contributed by atoms with Crippen molar-refractivity contribution in [2.75, 3.05) is 44.1 Å². The lowest BCUT2D eigenvalue weighted by Gasteiger charge is -2.09. The Bertz CT molecular complexity index is 7830. The lowest BCUT2D eigenvalue weighted by Crippen LogP contribution is -2.17. The van der Waals surface area contributed by atoms with Crippen molar-refractivity contribution in [1.82, 2.24) is 122 Å². The first kappa shape index (κ1) is 88.7. The first-order valence-corrected chi connectivity index (χ1v) is 44.0. The van der Waals surface area contributed by atoms with Crippen molar-refractivity contribution < 1.29 is 38.4 Å². The van der Waals surface area contributed by atoms with Crippen LogP contribution in [0.3, 0.4) is 0 Å². The first-order valence-electron chi connectivity index (χ1n) is 44.0. The van der Waals surface area contributed by atoms with E-state index in [4.69, 9.17) is 0 Å². The highest BCUT2D eigenvalue weighted by Gasteiger charge is 2.30. The molecular formula is C101H91N27O8. The Labute approximate surface area is 774 Å². The number of amides is 7. The summed E-state index contributed by atoms with van der Waals surface area (Å²) in [7, 11) is 6.46. The van der Waals surface area contributed by atoms with Gasteiger partial charge in [0.2, 0.25) is 17.7 Å². The second-order valence-corrected chi connectivity index (χ2v) is 33.4. The van der Waals surface area contributed by atoms with Gasteiger partial charge in [-0.2, -0.15) is 20.4 Å². The molecule has 0 radical (unpaired) electrons. The van der Waals surface area contributed by atoms with Gasteiger partial charge in [0.25, 0.3) is 23.6 Å². The van der Waals surface area contributed by atoms with Crippen molar-refractivity contribution in [3.63, 3.8) is 0 Å².